The molecule has 2 aromatic carbocycles. The quantitative estimate of drug-likeness (QED) is 0.222. The number of nitrogens with zero attached hydrogens (tertiary/aromatic N) is 7. The van der Waals surface area contributed by atoms with E-state index in [0.717, 1.165) is 17.3 Å². The molecule has 0 N–H and O–H groups in total. The normalized spacial score (nSPS) is 11.3. The maximum Gasteiger partial charge on any atom is 0.330 e. The molecular formula is C35H43N7+2. The van der Waals surface area contributed by atoms with E-state index >= 15 is 0 Å². The predicted octanol–water partition coefficient (Wildman–Crippen LogP) is 6.26. The van der Waals surface area contributed by atoms with E-state index in [0.29, 0.717) is 11.8 Å². The zero-order valence-corrected chi connectivity index (χ0v) is 26.1. The van der Waals surface area contributed by atoms with Crippen LogP contribution >= 0.6 is 0 Å². The van der Waals surface area contributed by atoms with Gasteiger partial charge in [0.25, 0.3) is 0 Å². The highest BCUT2D eigenvalue weighted by molar-refractivity contribution is 5.58. The predicted molar refractivity (Wildman–Crippen MR) is 169 cm³/mol. The van der Waals surface area contributed by atoms with Crippen LogP contribution in [0.15, 0.2) is 104 Å². The fourth-order valence-electron chi connectivity index (χ4n) is 5.57. The lowest BCUT2D eigenvalue weighted by molar-refractivity contribution is -0.659. The molecule has 42 heavy (non-hydrogen) atoms. The Kier molecular flexibility index (Phi) is 8.29. The topological polar surface area (TPSA) is 40.4 Å². The SMILES string of the molecule is CC(C)c1cccc(C(C)C)c1-n1cc[n+](C)c1-c1cccn1C.Cn1ccnc1-c1n(-c2ccccc2)cc[n+]1C. The average molecular weight is 562 g/mol. The number of aryl methyl sites for hydroxylation is 4. The van der Waals surface area contributed by atoms with E-state index in [1.807, 2.05) is 55.5 Å². The largest absolute Gasteiger partial charge is 0.344 e. The highest BCUT2D eigenvalue weighted by Gasteiger charge is 2.27. The summed E-state index contributed by atoms with van der Waals surface area (Å²) in [5, 5.41) is 0. The first-order valence-corrected chi connectivity index (χ1v) is 14.6. The van der Waals surface area contributed by atoms with Crippen molar-refractivity contribution < 1.29 is 9.13 Å². The van der Waals surface area contributed by atoms with Crippen LogP contribution in [0, 0.1) is 0 Å². The first-order chi connectivity index (χ1) is 20.2. The fourth-order valence-corrected chi connectivity index (χ4v) is 5.57. The highest BCUT2D eigenvalue weighted by atomic mass is 15.2. The summed E-state index contributed by atoms with van der Waals surface area (Å²) in [6.45, 7) is 9.09. The van der Waals surface area contributed by atoms with Crippen molar-refractivity contribution >= 4 is 0 Å². The molecule has 0 aliphatic heterocycles. The second-order valence-electron chi connectivity index (χ2n) is 11.5. The zero-order valence-electron chi connectivity index (χ0n) is 26.1. The van der Waals surface area contributed by atoms with Gasteiger partial charge >= 0.3 is 11.6 Å². The Balaban J connectivity index is 0.000000175. The van der Waals surface area contributed by atoms with Gasteiger partial charge in [0.05, 0.1) is 14.1 Å². The molecule has 0 unspecified atom stereocenters. The fraction of sp³-hybridized carbons (Fsp3) is 0.286. The van der Waals surface area contributed by atoms with Gasteiger partial charge in [-0.3, -0.25) is 0 Å². The smallest absolute Gasteiger partial charge is 0.330 e. The van der Waals surface area contributed by atoms with Crippen molar-refractivity contribution in [1.29, 1.82) is 0 Å². The zero-order chi connectivity index (χ0) is 30.0. The van der Waals surface area contributed by atoms with E-state index in [9.17, 15) is 0 Å². The van der Waals surface area contributed by atoms with Gasteiger partial charge < -0.3 is 9.13 Å². The molecular weight excluding hydrogens is 518 g/mol. The number of benzene rings is 2. The number of hydrogen-bond acceptors (Lipinski definition) is 1. The molecule has 0 atom stereocenters. The summed E-state index contributed by atoms with van der Waals surface area (Å²) in [4.78, 5) is 4.43. The Hall–Kier alpha value is -4.65. The van der Waals surface area contributed by atoms with Crippen LogP contribution in [-0.2, 0) is 28.2 Å². The minimum Gasteiger partial charge on any atom is -0.344 e. The van der Waals surface area contributed by atoms with Crippen molar-refractivity contribution in [2.24, 2.45) is 28.2 Å². The third-order valence-electron chi connectivity index (χ3n) is 7.82. The van der Waals surface area contributed by atoms with Crippen LogP contribution in [-0.4, -0.2) is 23.3 Å². The van der Waals surface area contributed by atoms with E-state index < -0.39 is 0 Å². The molecule has 7 heteroatoms. The molecule has 0 bridgehead atoms. The van der Waals surface area contributed by atoms with Gasteiger partial charge in [-0.05, 0) is 36.1 Å². The summed E-state index contributed by atoms with van der Waals surface area (Å²) in [5.41, 5.74) is 6.48. The van der Waals surface area contributed by atoms with Crippen molar-refractivity contribution in [2.45, 2.75) is 39.5 Å². The molecule has 0 spiro atoms. The molecule has 0 aliphatic rings. The van der Waals surface area contributed by atoms with Crippen LogP contribution in [0.4, 0.5) is 0 Å². The van der Waals surface area contributed by atoms with Crippen molar-refractivity contribution in [1.82, 2.24) is 23.3 Å². The first kappa shape index (κ1) is 28.9. The summed E-state index contributed by atoms with van der Waals surface area (Å²) in [6.07, 6.45) is 14.3. The molecule has 0 aliphatic carbocycles. The molecule has 216 valence electrons. The molecule has 0 saturated heterocycles. The van der Waals surface area contributed by atoms with Crippen LogP contribution in [0.1, 0.15) is 50.7 Å². The molecule has 4 aromatic heterocycles. The van der Waals surface area contributed by atoms with E-state index in [1.165, 1.54) is 28.3 Å². The third kappa shape index (κ3) is 5.47. The molecule has 0 radical (unpaired) electrons. The van der Waals surface area contributed by atoms with Crippen LogP contribution in [0.5, 0.6) is 0 Å². The number of hydrogen-bond donors (Lipinski definition) is 0. The number of para-hydroxylation sites is 2. The molecule has 0 fully saturated rings. The van der Waals surface area contributed by atoms with Gasteiger partial charge in [0.2, 0.25) is 5.82 Å². The van der Waals surface area contributed by atoms with Gasteiger partial charge in [-0.2, -0.15) is 9.13 Å². The summed E-state index contributed by atoms with van der Waals surface area (Å²) in [5.74, 6) is 4.18. The Morgan fingerprint density at radius 1 is 0.619 bits per heavy atom. The standard InChI is InChI=1S/C21H28N3.C14H15N4/c1-15(2)17-9-7-10-18(16(3)4)20(17)24-14-13-23(6)21(24)19-11-8-12-22(19)5;1-16-9-8-15-13(16)14-17(2)10-11-18(14)12-6-4-3-5-7-12/h7-16H,1-6H3;3-11H,1-2H3/q2*+1. The van der Waals surface area contributed by atoms with Crippen LogP contribution in [0.2, 0.25) is 0 Å². The third-order valence-corrected chi connectivity index (χ3v) is 7.82. The minimum absolute atomic E-state index is 0.479. The van der Waals surface area contributed by atoms with Crippen molar-refractivity contribution in [2.75, 3.05) is 0 Å². The summed E-state index contributed by atoms with van der Waals surface area (Å²) in [6, 6.07) is 21.3. The Morgan fingerprint density at radius 2 is 1.24 bits per heavy atom. The maximum absolute atomic E-state index is 4.43. The Morgan fingerprint density at radius 3 is 1.79 bits per heavy atom. The minimum atomic E-state index is 0.479. The highest BCUT2D eigenvalue weighted by Crippen LogP contribution is 2.33. The monoisotopic (exact) mass is 561 g/mol. The van der Waals surface area contributed by atoms with Gasteiger partial charge in [0, 0.05) is 43.8 Å². The summed E-state index contributed by atoms with van der Waals surface area (Å²) >= 11 is 0. The van der Waals surface area contributed by atoms with E-state index in [2.05, 4.69) is 137 Å². The van der Waals surface area contributed by atoms with Gasteiger partial charge in [-0.15, -0.1) is 0 Å². The number of aromatic nitrogens is 7. The van der Waals surface area contributed by atoms with Crippen molar-refractivity contribution in [3.8, 4) is 34.5 Å². The molecule has 7 nitrogen and oxygen atoms in total. The second-order valence-corrected chi connectivity index (χ2v) is 11.5. The molecule has 0 saturated carbocycles. The van der Waals surface area contributed by atoms with Gasteiger partial charge in [-0.1, -0.05) is 64.1 Å². The lowest BCUT2D eigenvalue weighted by Crippen LogP contribution is -2.30. The molecule has 6 rings (SSSR count). The van der Waals surface area contributed by atoms with Crippen LogP contribution < -0.4 is 9.13 Å². The van der Waals surface area contributed by atoms with Gasteiger partial charge in [0.15, 0.2) is 0 Å². The first-order valence-electron chi connectivity index (χ1n) is 14.6. The average Bonchev–Trinajstić information content (AvgIpc) is 3.76. The van der Waals surface area contributed by atoms with E-state index in [4.69, 9.17) is 0 Å². The van der Waals surface area contributed by atoms with Crippen LogP contribution in [0.25, 0.3) is 34.5 Å². The Bertz CT molecular complexity index is 1750. The van der Waals surface area contributed by atoms with Crippen molar-refractivity contribution in [3.05, 3.63) is 115 Å². The Labute approximate surface area is 249 Å². The molecule has 4 heterocycles. The summed E-state index contributed by atoms with van der Waals surface area (Å²) in [7, 11) is 8.25. The second kappa shape index (κ2) is 12.1. The lowest BCUT2D eigenvalue weighted by Gasteiger charge is -2.17. The number of rotatable bonds is 6. The molecule has 0 amide bonds. The number of imidazole rings is 3. The maximum atomic E-state index is 4.43. The van der Waals surface area contributed by atoms with Gasteiger partial charge in [-0.25, -0.2) is 14.1 Å². The van der Waals surface area contributed by atoms with E-state index in [-0.39, 0.29) is 0 Å². The van der Waals surface area contributed by atoms with Crippen molar-refractivity contribution in [3.63, 3.8) is 0 Å². The lowest BCUT2D eigenvalue weighted by atomic mass is 9.92. The van der Waals surface area contributed by atoms with Gasteiger partial charge in [0.1, 0.15) is 41.9 Å². The van der Waals surface area contributed by atoms with E-state index in [1.54, 1.807) is 0 Å². The molecule has 6 aromatic rings. The van der Waals surface area contributed by atoms with Crippen LogP contribution in [0.3, 0.4) is 0 Å². The summed E-state index contributed by atoms with van der Waals surface area (Å²) < 4.78 is 13.0.